The Labute approximate surface area is 175 Å². The highest BCUT2D eigenvalue weighted by Crippen LogP contribution is 2.23. The van der Waals surface area contributed by atoms with E-state index < -0.39 is 0 Å². The van der Waals surface area contributed by atoms with Gasteiger partial charge in [0.15, 0.2) is 5.82 Å². The van der Waals surface area contributed by atoms with Crippen LogP contribution in [0.15, 0.2) is 42.5 Å². The van der Waals surface area contributed by atoms with E-state index >= 15 is 0 Å². The number of nitrogens with one attached hydrogen (secondary N) is 1. The fraction of sp³-hybridized carbons (Fsp3) is 0.348. The number of benzene rings is 2. The van der Waals surface area contributed by atoms with Gasteiger partial charge in [-0.3, -0.25) is 9.59 Å². The van der Waals surface area contributed by atoms with E-state index in [0.29, 0.717) is 43.1 Å². The Bertz CT molecular complexity index is 1090. The van der Waals surface area contributed by atoms with Crippen LogP contribution in [0.4, 0.5) is 0 Å². The molecule has 0 unspecified atom stereocenters. The van der Waals surface area contributed by atoms with E-state index in [1.54, 1.807) is 12.1 Å². The van der Waals surface area contributed by atoms with Gasteiger partial charge in [-0.05, 0) is 56.7 Å². The summed E-state index contributed by atoms with van der Waals surface area (Å²) in [5.74, 6) is 1.02. The predicted octanol–water partition coefficient (Wildman–Crippen LogP) is 3.23. The van der Waals surface area contributed by atoms with E-state index in [1.165, 1.54) is 0 Å². The van der Waals surface area contributed by atoms with Crippen molar-refractivity contribution < 1.29 is 14.3 Å². The second-order valence-electron chi connectivity index (χ2n) is 7.64. The molecule has 1 aromatic heterocycles. The molecule has 1 aliphatic rings. The molecule has 1 N–H and O–H groups in total. The summed E-state index contributed by atoms with van der Waals surface area (Å²) in [5, 5.41) is 2.93. The first-order valence-electron chi connectivity index (χ1n) is 10.3. The number of carbonyl (C=O) groups excluding carboxylic acids is 2. The van der Waals surface area contributed by atoms with E-state index in [0.717, 1.165) is 16.8 Å². The minimum absolute atomic E-state index is 0.0612. The number of rotatable bonds is 6. The first-order valence-corrected chi connectivity index (χ1v) is 10.3. The van der Waals surface area contributed by atoms with Crippen LogP contribution in [0.2, 0.25) is 0 Å². The second-order valence-corrected chi connectivity index (χ2v) is 7.64. The summed E-state index contributed by atoms with van der Waals surface area (Å²) in [4.78, 5) is 31.7. The number of imidazole rings is 1. The fourth-order valence-electron chi connectivity index (χ4n) is 3.75. The lowest BCUT2D eigenvalue weighted by atomic mass is 10.1. The summed E-state index contributed by atoms with van der Waals surface area (Å²) in [5.41, 5.74) is 3.06. The molecular formula is C23H26N4O3. The van der Waals surface area contributed by atoms with Crippen LogP contribution in [0.5, 0.6) is 5.75 Å². The summed E-state index contributed by atoms with van der Waals surface area (Å²) in [6.07, 6.45) is 0. The Morgan fingerprint density at radius 3 is 2.63 bits per heavy atom. The highest BCUT2D eigenvalue weighted by atomic mass is 16.5. The number of ether oxygens (including phenoxy) is 1. The molecule has 0 atom stereocenters. The van der Waals surface area contributed by atoms with Crippen molar-refractivity contribution in [2.75, 3.05) is 13.2 Å². The minimum Gasteiger partial charge on any atom is -0.494 e. The molecule has 0 radical (unpaired) electrons. The van der Waals surface area contributed by atoms with E-state index in [1.807, 2.05) is 60.6 Å². The smallest absolute Gasteiger partial charge is 0.290 e. The van der Waals surface area contributed by atoms with Gasteiger partial charge in [-0.25, -0.2) is 4.98 Å². The first-order chi connectivity index (χ1) is 14.5. The fourth-order valence-corrected chi connectivity index (χ4v) is 3.75. The van der Waals surface area contributed by atoms with Gasteiger partial charge in [-0.15, -0.1) is 0 Å². The van der Waals surface area contributed by atoms with Crippen molar-refractivity contribution in [1.29, 1.82) is 0 Å². The van der Waals surface area contributed by atoms with Crippen molar-refractivity contribution >= 4 is 22.8 Å². The van der Waals surface area contributed by atoms with Crippen molar-refractivity contribution in [2.24, 2.45) is 0 Å². The number of nitrogens with zero attached hydrogens (tertiary/aromatic N) is 3. The van der Waals surface area contributed by atoms with Crippen molar-refractivity contribution in [3.63, 3.8) is 0 Å². The molecule has 0 spiro atoms. The topological polar surface area (TPSA) is 76.5 Å². The Balaban J connectivity index is 1.49. The standard InChI is InChI=1S/C23H26N4O3/c1-4-30-18-8-5-16(6-9-18)14-24-22(28)17-7-10-20-19(13-17)25-21-23(29)26(15(2)3)11-12-27(20)21/h5-10,13,15H,4,11-12,14H2,1-3H3,(H,24,28). The second kappa shape index (κ2) is 8.18. The van der Waals surface area contributed by atoms with Crippen LogP contribution in [-0.2, 0) is 13.1 Å². The molecule has 0 bridgehead atoms. The Hall–Kier alpha value is -3.35. The van der Waals surface area contributed by atoms with Crippen LogP contribution >= 0.6 is 0 Å². The van der Waals surface area contributed by atoms with Crippen LogP contribution in [-0.4, -0.2) is 45.5 Å². The van der Waals surface area contributed by atoms with E-state index in [-0.39, 0.29) is 17.9 Å². The molecule has 156 valence electrons. The van der Waals surface area contributed by atoms with Crippen LogP contribution in [0, 0.1) is 0 Å². The van der Waals surface area contributed by atoms with E-state index in [4.69, 9.17) is 4.74 Å². The molecule has 0 fully saturated rings. The van der Waals surface area contributed by atoms with Crippen molar-refractivity contribution in [3.05, 3.63) is 59.4 Å². The lowest BCUT2D eigenvalue weighted by Crippen LogP contribution is -2.44. The maximum atomic E-state index is 12.7. The van der Waals surface area contributed by atoms with Gasteiger partial charge in [-0.1, -0.05) is 12.1 Å². The third-order valence-corrected chi connectivity index (χ3v) is 5.34. The molecule has 2 heterocycles. The maximum absolute atomic E-state index is 12.7. The SMILES string of the molecule is CCOc1ccc(CNC(=O)c2ccc3c(c2)nc2n3CCN(C(C)C)C2=O)cc1. The summed E-state index contributed by atoms with van der Waals surface area (Å²) in [6.45, 7) is 8.37. The summed E-state index contributed by atoms with van der Waals surface area (Å²) in [7, 11) is 0. The average molecular weight is 406 g/mol. The molecule has 1 aliphatic heterocycles. The van der Waals surface area contributed by atoms with E-state index in [2.05, 4.69) is 10.3 Å². The number of amides is 2. The molecule has 2 aromatic carbocycles. The van der Waals surface area contributed by atoms with Gasteiger partial charge in [0.1, 0.15) is 5.75 Å². The van der Waals surface area contributed by atoms with Crippen molar-refractivity contribution in [3.8, 4) is 5.75 Å². The normalized spacial score (nSPS) is 13.6. The van der Waals surface area contributed by atoms with Gasteiger partial charge in [0.2, 0.25) is 0 Å². The number of hydrogen-bond donors (Lipinski definition) is 1. The van der Waals surface area contributed by atoms with Gasteiger partial charge < -0.3 is 19.5 Å². The maximum Gasteiger partial charge on any atom is 0.290 e. The van der Waals surface area contributed by atoms with E-state index in [9.17, 15) is 9.59 Å². The molecule has 0 saturated heterocycles. The zero-order valence-corrected chi connectivity index (χ0v) is 17.5. The zero-order chi connectivity index (χ0) is 21.3. The molecule has 4 rings (SSSR count). The molecule has 30 heavy (non-hydrogen) atoms. The van der Waals surface area contributed by atoms with Crippen LogP contribution in [0.25, 0.3) is 11.0 Å². The summed E-state index contributed by atoms with van der Waals surface area (Å²) >= 11 is 0. The number of aromatic nitrogens is 2. The lowest BCUT2D eigenvalue weighted by Gasteiger charge is -2.30. The Morgan fingerprint density at radius 2 is 1.93 bits per heavy atom. The molecule has 0 saturated carbocycles. The Kier molecular flexibility index (Phi) is 5.44. The third-order valence-electron chi connectivity index (χ3n) is 5.34. The molecular weight excluding hydrogens is 380 g/mol. The first kappa shape index (κ1) is 19.9. The van der Waals surface area contributed by atoms with Crippen molar-refractivity contribution in [2.45, 2.75) is 39.9 Å². The molecule has 3 aromatic rings. The number of fused-ring (bicyclic) bond motifs is 3. The van der Waals surface area contributed by atoms with Crippen LogP contribution in [0.1, 0.15) is 47.3 Å². The highest BCUT2D eigenvalue weighted by molar-refractivity contribution is 6.00. The lowest BCUT2D eigenvalue weighted by molar-refractivity contribution is 0.0643. The zero-order valence-electron chi connectivity index (χ0n) is 17.5. The molecule has 2 amide bonds. The molecule has 0 aliphatic carbocycles. The van der Waals surface area contributed by atoms with Gasteiger partial charge in [0, 0.05) is 31.2 Å². The Morgan fingerprint density at radius 1 is 1.17 bits per heavy atom. The number of carbonyl (C=O) groups is 2. The summed E-state index contributed by atoms with van der Waals surface area (Å²) in [6, 6.07) is 13.2. The van der Waals surface area contributed by atoms with Gasteiger partial charge in [0.05, 0.1) is 17.6 Å². The third kappa shape index (κ3) is 3.75. The summed E-state index contributed by atoms with van der Waals surface area (Å²) < 4.78 is 7.38. The number of hydrogen-bond acceptors (Lipinski definition) is 4. The van der Waals surface area contributed by atoms with Crippen LogP contribution < -0.4 is 10.1 Å². The highest BCUT2D eigenvalue weighted by Gasteiger charge is 2.29. The van der Waals surface area contributed by atoms with Gasteiger partial charge in [0.25, 0.3) is 11.8 Å². The largest absolute Gasteiger partial charge is 0.494 e. The minimum atomic E-state index is -0.174. The predicted molar refractivity (Wildman–Crippen MR) is 115 cm³/mol. The molecule has 7 heteroatoms. The average Bonchev–Trinajstić information content (AvgIpc) is 3.12. The molecule has 7 nitrogen and oxygen atoms in total. The van der Waals surface area contributed by atoms with Gasteiger partial charge >= 0.3 is 0 Å². The van der Waals surface area contributed by atoms with Crippen LogP contribution in [0.3, 0.4) is 0 Å². The quantitative estimate of drug-likeness (QED) is 0.682. The van der Waals surface area contributed by atoms with Crippen molar-refractivity contribution in [1.82, 2.24) is 19.8 Å². The van der Waals surface area contributed by atoms with Gasteiger partial charge in [-0.2, -0.15) is 0 Å². The monoisotopic (exact) mass is 406 g/mol.